The first-order valence-corrected chi connectivity index (χ1v) is 13.9. The quantitative estimate of drug-likeness (QED) is 0.289. The Kier molecular flexibility index (Phi) is 7.93. The average Bonchev–Trinajstić information content (AvgIpc) is 2.92. The molecule has 0 bridgehead atoms. The summed E-state index contributed by atoms with van der Waals surface area (Å²) in [4.78, 5) is 33.9. The number of pyridine rings is 1. The van der Waals surface area contributed by atoms with E-state index in [9.17, 15) is 28.2 Å². The Balaban J connectivity index is 1.51. The van der Waals surface area contributed by atoms with Crippen molar-refractivity contribution in [1.82, 2.24) is 19.9 Å². The molecule has 0 saturated carbocycles. The lowest BCUT2D eigenvalue weighted by Gasteiger charge is -2.30. The smallest absolute Gasteiger partial charge is 0.255 e. The number of para-hydroxylation sites is 1. The summed E-state index contributed by atoms with van der Waals surface area (Å²) >= 11 is 0. The minimum atomic E-state index is -3.81. The number of nitrogens with one attached hydrogen (secondary N) is 1. The summed E-state index contributed by atoms with van der Waals surface area (Å²) in [7, 11) is -3.81. The molecule has 2 atom stereocenters. The van der Waals surface area contributed by atoms with Crippen LogP contribution in [-0.2, 0) is 9.84 Å². The fourth-order valence-corrected chi connectivity index (χ4v) is 4.83. The molecule has 3 N–H and O–H groups in total. The molecule has 202 valence electrons. The van der Waals surface area contributed by atoms with Gasteiger partial charge >= 0.3 is 0 Å². The molecule has 10 nitrogen and oxygen atoms in total. The van der Waals surface area contributed by atoms with Crippen molar-refractivity contribution in [2.24, 2.45) is 0 Å². The summed E-state index contributed by atoms with van der Waals surface area (Å²) in [5.41, 5.74) is 1.67. The van der Waals surface area contributed by atoms with Crippen LogP contribution in [0.1, 0.15) is 29.9 Å². The van der Waals surface area contributed by atoms with Gasteiger partial charge in [-0.2, -0.15) is 0 Å². The first-order chi connectivity index (χ1) is 18.5. The number of sulfone groups is 1. The SMILES string of the molecule is CC(CNC(=O)c1ccccc1O)(CC(O)n1ccc(-c2ccc(-c3ncccn3)cc2)cc1=O)S(C)(=O)=O. The molecule has 0 saturated heterocycles. The number of benzene rings is 2. The van der Waals surface area contributed by atoms with E-state index in [0.717, 1.165) is 21.9 Å². The minimum Gasteiger partial charge on any atom is -0.507 e. The molecule has 0 fully saturated rings. The van der Waals surface area contributed by atoms with Gasteiger partial charge in [0.2, 0.25) is 0 Å². The van der Waals surface area contributed by atoms with Gasteiger partial charge in [0, 0.05) is 49.4 Å². The van der Waals surface area contributed by atoms with Gasteiger partial charge in [0.15, 0.2) is 15.7 Å². The Labute approximate surface area is 225 Å². The number of aliphatic hydroxyl groups excluding tert-OH is 1. The van der Waals surface area contributed by atoms with E-state index in [4.69, 9.17) is 0 Å². The van der Waals surface area contributed by atoms with Crippen molar-refractivity contribution in [3.63, 3.8) is 0 Å². The number of hydrogen-bond acceptors (Lipinski definition) is 8. The molecule has 0 radical (unpaired) electrons. The predicted molar refractivity (Wildman–Crippen MR) is 147 cm³/mol. The maximum absolute atomic E-state index is 12.9. The number of aromatic hydroxyl groups is 1. The van der Waals surface area contributed by atoms with Crippen LogP contribution in [0.15, 0.2) is 90.1 Å². The number of nitrogens with zero attached hydrogens (tertiary/aromatic N) is 3. The van der Waals surface area contributed by atoms with Crippen molar-refractivity contribution < 1.29 is 23.4 Å². The standard InChI is InChI=1S/C28H28N4O6S/c1-28(39(2,37)38,18-31-27(36)22-6-3-4-7-23(22)33)17-25(35)32-15-12-21(16-24(32)34)19-8-10-20(11-9-19)26-29-13-5-14-30-26/h3-16,25,33,35H,17-18H2,1-2H3,(H,31,36). The zero-order chi connectivity index (χ0) is 28.2. The Bertz CT molecular complexity index is 1640. The van der Waals surface area contributed by atoms with Crippen LogP contribution < -0.4 is 10.9 Å². The zero-order valence-electron chi connectivity index (χ0n) is 21.4. The number of amides is 1. The summed E-state index contributed by atoms with van der Waals surface area (Å²) in [5.74, 6) is -0.331. The van der Waals surface area contributed by atoms with Gasteiger partial charge in [-0.15, -0.1) is 0 Å². The Morgan fingerprint density at radius 3 is 2.26 bits per heavy atom. The molecule has 39 heavy (non-hydrogen) atoms. The Morgan fingerprint density at radius 2 is 1.64 bits per heavy atom. The first-order valence-electron chi connectivity index (χ1n) is 12.0. The van der Waals surface area contributed by atoms with Gasteiger partial charge in [0.1, 0.15) is 12.0 Å². The molecule has 2 aromatic heterocycles. The highest BCUT2D eigenvalue weighted by Crippen LogP contribution is 2.27. The molecule has 0 aliphatic heterocycles. The largest absolute Gasteiger partial charge is 0.507 e. The van der Waals surface area contributed by atoms with Crippen LogP contribution in [0, 0.1) is 0 Å². The number of phenolic OH excluding ortho intramolecular Hbond substituents is 1. The van der Waals surface area contributed by atoms with Crippen LogP contribution in [0.5, 0.6) is 5.75 Å². The third kappa shape index (κ3) is 6.21. The van der Waals surface area contributed by atoms with E-state index in [-0.39, 0.29) is 24.3 Å². The molecule has 11 heteroatoms. The fourth-order valence-electron chi connectivity index (χ4n) is 4.04. The van der Waals surface area contributed by atoms with Gasteiger partial charge in [-0.1, -0.05) is 36.4 Å². The maximum atomic E-state index is 12.9. The van der Waals surface area contributed by atoms with E-state index in [1.54, 1.807) is 36.7 Å². The monoisotopic (exact) mass is 548 g/mol. The van der Waals surface area contributed by atoms with Crippen LogP contribution in [0.25, 0.3) is 22.5 Å². The number of carbonyl (C=O) groups is 1. The lowest BCUT2D eigenvalue weighted by atomic mass is 10.0. The molecule has 0 aliphatic carbocycles. The van der Waals surface area contributed by atoms with Crippen LogP contribution >= 0.6 is 0 Å². The number of rotatable bonds is 9. The maximum Gasteiger partial charge on any atom is 0.255 e. The van der Waals surface area contributed by atoms with Crippen LogP contribution in [0.2, 0.25) is 0 Å². The highest BCUT2D eigenvalue weighted by molar-refractivity contribution is 7.92. The van der Waals surface area contributed by atoms with Crippen LogP contribution in [0.4, 0.5) is 0 Å². The van der Waals surface area contributed by atoms with Crippen molar-refractivity contribution in [3.05, 3.63) is 101 Å². The van der Waals surface area contributed by atoms with Crippen LogP contribution in [-0.4, -0.2) is 56.6 Å². The minimum absolute atomic E-state index is 0.00923. The number of aromatic nitrogens is 3. The third-order valence-corrected chi connectivity index (χ3v) is 8.69. The third-order valence-electron chi connectivity index (χ3n) is 6.59. The molecule has 2 aromatic carbocycles. The molecule has 4 rings (SSSR count). The average molecular weight is 549 g/mol. The van der Waals surface area contributed by atoms with Crippen molar-refractivity contribution in [2.45, 2.75) is 24.3 Å². The molecule has 2 heterocycles. The van der Waals surface area contributed by atoms with E-state index in [2.05, 4.69) is 15.3 Å². The predicted octanol–water partition coefficient (Wildman–Crippen LogP) is 2.79. The van der Waals surface area contributed by atoms with Crippen molar-refractivity contribution in [1.29, 1.82) is 0 Å². The molecular weight excluding hydrogens is 520 g/mol. The number of phenols is 1. The van der Waals surface area contributed by atoms with E-state index < -0.39 is 32.3 Å². The first kappa shape index (κ1) is 27.7. The molecular formula is C28H28N4O6S. The van der Waals surface area contributed by atoms with Gasteiger partial charge in [0.25, 0.3) is 11.5 Å². The summed E-state index contributed by atoms with van der Waals surface area (Å²) in [6.45, 7) is 1.04. The lowest BCUT2D eigenvalue weighted by Crippen LogP contribution is -2.48. The molecule has 4 aromatic rings. The fraction of sp³-hybridized carbons (Fsp3) is 0.214. The summed E-state index contributed by atoms with van der Waals surface area (Å²) in [5, 5.41) is 23.3. The number of carbonyl (C=O) groups excluding carboxylic acids is 1. The zero-order valence-corrected chi connectivity index (χ0v) is 22.2. The highest BCUT2D eigenvalue weighted by Gasteiger charge is 2.39. The molecule has 0 spiro atoms. The van der Waals surface area contributed by atoms with E-state index in [1.807, 2.05) is 24.3 Å². The second-order valence-corrected chi connectivity index (χ2v) is 11.9. The number of hydrogen-bond donors (Lipinski definition) is 3. The summed E-state index contributed by atoms with van der Waals surface area (Å²) in [6.07, 6.45) is 3.86. The molecule has 2 unspecified atom stereocenters. The van der Waals surface area contributed by atoms with Gasteiger partial charge in [-0.25, -0.2) is 18.4 Å². The second kappa shape index (κ2) is 11.2. The normalized spacial score (nSPS) is 13.8. The van der Waals surface area contributed by atoms with Gasteiger partial charge in [-0.3, -0.25) is 14.2 Å². The van der Waals surface area contributed by atoms with Gasteiger partial charge in [0.05, 0.1) is 10.3 Å². The van der Waals surface area contributed by atoms with Gasteiger partial charge < -0.3 is 15.5 Å². The van der Waals surface area contributed by atoms with Gasteiger partial charge in [-0.05, 0) is 42.3 Å². The number of aliphatic hydroxyl groups is 1. The summed E-state index contributed by atoms with van der Waals surface area (Å²) < 4.78 is 24.8. The van der Waals surface area contributed by atoms with Crippen molar-refractivity contribution >= 4 is 15.7 Å². The van der Waals surface area contributed by atoms with Crippen molar-refractivity contribution in [2.75, 3.05) is 12.8 Å². The second-order valence-electron chi connectivity index (χ2n) is 9.42. The Hall–Kier alpha value is -4.35. The lowest BCUT2D eigenvalue weighted by molar-refractivity contribution is 0.0767. The topological polar surface area (TPSA) is 151 Å². The molecule has 1 amide bonds. The van der Waals surface area contributed by atoms with E-state index >= 15 is 0 Å². The van der Waals surface area contributed by atoms with E-state index in [0.29, 0.717) is 11.4 Å². The highest BCUT2D eigenvalue weighted by atomic mass is 32.2. The summed E-state index contributed by atoms with van der Waals surface area (Å²) in [6, 6.07) is 17.9. The van der Waals surface area contributed by atoms with E-state index in [1.165, 1.54) is 31.3 Å². The molecule has 0 aliphatic rings. The Morgan fingerprint density at radius 1 is 1.00 bits per heavy atom. The van der Waals surface area contributed by atoms with Crippen molar-refractivity contribution in [3.8, 4) is 28.3 Å². The van der Waals surface area contributed by atoms with Crippen LogP contribution in [0.3, 0.4) is 0 Å².